The molecule has 0 radical (unpaired) electrons. The lowest BCUT2D eigenvalue weighted by Crippen LogP contribution is -1.96. The number of thiophene rings is 1. The number of nitrogens with zero attached hydrogens (tertiary/aromatic N) is 3. The number of hydrogen-bond acceptors (Lipinski definition) is 3. The van der Waals surface area contributed by atoms with Gasteiger partial charge >= 0.3 is 0 Å². The van der Waals surface area contributed by atoms with E-state index < -0.39 is 0 Å². The minimum absolute atomic E-state index is 0.742. The van der Waals surface area contributed by atoms with Gasteiger partial charge in [0.25, 0.3) is 0 Å². The zero-order valence-electron chi connectivity index (χ0n) is 23.7. The molecule has 3 heterocycles. The van der Waals surface area contributed by atoms with Gasteiger partial charge in [-0.25, -0.2) is 9.97 Å². The smallest absolute Gasteiger partial charge is 0.161 e. The van der Waals surface area contributed by atoms with Crippen molar-refractivity contribution in [1.82, 2.24) is 14.5 Å². The number of rotatable bonds is 4. The van der Waals surface area contributed by atoms with Crippen molar-refractivity contribution in [2.75, 3.05) is 0 Å². The number of fused-ring (bicyclic) bond motifs is 6. The molecule has 0 atom stereocenters. The van der Waals surface area contributed by atoms with Gasteiger partial charge in [0.05, 0.1) is 22.4 Å². The standard InChI is InChI=1S/C40H25N3S/c1-4-13-26(14-5-1)34-25-35(27-15-6-2-7-16-27)42-40(41-34)31-21-12-20-30-33-23-37-32(24-38(33)44-39(30)31)29-19-10-11-22-36(29)43(37)28-17-8-3-9-18-28/h1-25H. The third-order valence-electron chi connectivity index (χ3n) is 8.41. The zero-order valence-corrected chi connectivity index (χ0v) is 24.5. The molecule has 0 unspecified atom stereocenters. The Bertz CT molecular complexity index is 2420. The molecular formula is C40H25N3S. The highest BCUT2D eigenvalue weighted by atomic mass is 32.1. The van der Waals surface area contributed by atoms with Gasteiger partial charge in [0.2, 0.25) is 0 Å². The molecule has 9 rings (SSSR count). The van der Waals surface area contributed by atoms with Crippen LogP contribution >= 0.6 is 11.3 Å². The van der Waals surface area contributed by atoms with Gasteiger partial charge in [-0.3, -0.25) is 0 Å². The average molecular weight is 580 g/mol. The van der Waals surface area contributed by atoms with Crippen LogP contribution in [0.1, 0.15) is 0 Å². The molecule has 206 valence electrons. The summed E-state index contributed by atoms with van der Waals surface area (Å²) < 4.78 is 4.85. The Morgan fingerprint density at radius 3 is 1.77 bits per heavy atom. The van der Waals surface area contributed by atoms with E-state index in [1.807, 2.05) is 23.5 Å². The summed E-state index contributed by atoms with van der Waals surface area (Å²) in [6, 6.07) is 53.5. The molecule has 6 aromatic carbocycles. The highest BCUT2D eigenvalue weighted by molar-refractivity contribution is 7.26. The quantitative estimate of drug-likeness (QED) is 0.208. The molecule has 0 amide bonds. The van der Waals surface area contributed by atoms with E-state index in [1.54, 1.807) is 0 Å². The maximum Gasteiger partial charge on any atom is 0.161 e. The van der Waals surface area contributed by atoms with Gasteiger partial charge in [-0.15, -0.1) is 11.3 Å². The average Bonchev–Trinajstić information content (AvgIpc) is 3.63. The van der Waals surface area contributed by atoms with E-state index in [2.05, 4.69) is 144 Å². The second-order valence-corrected chi connectivity index (χ2v) is 12.1. The van der Waals surface area contributed by atoms with Gasteiger partial charge in [-0.1, -0.05) is 109 Å². The molecule has 9 aromatic rings. The van der Waals surface area contributed by atoms with E-state index in [9.17, 15) is 0 Å². The lowest BCUT2D eigenvalue weighted by Gasteiger charge is -2.10. The van der Waals surface area contributed by atoms with Gasteiger partial charge < -0.3 is 4.57 Å². The largest absolute Gasteiger partial charge is 0.309 e. The summed E-state index contributed by atoms with van der Waals surface area (Å²) >= 11 is 1.83. The van der Waals surface area contributed by atoms with Crippen LogP contribution in [0.2, 0.25) is 0 Å². The third kappa shape index (κ3) is 3.96. The molecule has 0 aliphatic carbocycles. The molecule has 4 heteroatoms. The second kappa shape index (κ2) is 10.0. The van der Waals surface area contributed by atoms with Crippen LogP contribution in [0.5, 0.6) is 0 Å². The van der Waals surface area contributed by atoms with E-state index in [1.165, 1.54) is 42.0 Å². The first kappa shape index (κ1) is 25.0. The summed E-state index contributed by atoms with van der Waals surface area (Å²) in [6.07, 6.45) is 0. The van der Waals surface area contributed by atoms with Crippen molar-refractivity contribution < 1.29 is 0 Å². The Kier molecular flexibility index (Phi) is 5.68. The highest BCUT2D eigenvalue weighted by Crippen LogP contribution is 2.43. The minimum atomic E-state index is 0.742. The van der Waals surface area contributed by atoms with E-state index in [-0.39, 0.29) is 0 Å². The van der Waals surface area contributed by atoms with Crippen molar-refractivity contribution in [3.8, 4) is 39.6 Å². The summed E-state index contributed by atoms with van der Waals surface area (Å²) in [4.78, 5) is 10.3. The fourth-order valence-electron chi connectivity index (χ4n) is 6.37. The van der Waals surface area contributed by atoms with Crippen molar-refractivity contribution >= 4 is 53.3 Å². The number of hydrogen-bond donors (Lipinski definition) is 0. The second-order valence-electron chi connectivity index (χ2n) is 11.0. The summed E-state index contributed by atoms with van der Waals surface area (Å²) in [5.41, 5.74) is 8.64. The molecule has 3 nitrogen and oxygen atoms in total. The lowest BCUT2D eigenvalue weighted by molar-refractivity contribution is 1.18. The van der Waals surface area contributed by atoms with Crippen molar-refractivity contribution in [2.45, 2.75) is 0 Å². The molecule has 0 bridgehead atoms. The van der Waals surface area contributed by atoms with Crippen LogP contribution < -0.4 is 0 Å². The molecule has 0 saturated heterocycles. The molecular weight excluding hydrogens is 555 g/mol. The number of para-hydroxylation sites is 2. The highest BCUT2D eigenvalue weighted by Gasteiger charge is 2.18. The molecule has 0 aliphatic rings. The summed E-state index contributed by atoms with van der Waals surface area (Å²) in [6.45, 7) is 0. The van der Waals surface area contributed by atoms with Gasteiger partial charge in [0.1, 0.15) is 0 Å². The summed E-state index contributed by atoms with van der Waals surface area (Å²) in [5.74, 6) is 0.742. The maximum absolute atomic E-state index is 5.15. The number of aromatic nitrogens is 3. The minimum Gasteiger partial charge on any atom is -0.309 e. The maximum atomic E-state index is 5.15. The zero-order chi connectivity index (χ0) is 29.0. The normalized spacial score (nSPS) is 11.6. The van der Waals surface area contributed by atoms with Crippen LogP contribution in [0.4, 0.5) is 0 Å². The first-order valence-electron chi connectivity index (χ1n) is 14.8. The van der Waals surface area contributed by atoms with Gasteiger partial charge in [-0.2, -0.15) is 0 Å². The fourth-order valence-corrected chi connectivity index (χ4v) is 7.60. The first-order chi connectivity index (χ1) is 21.8. The van der Waals surface area contributed by atoms with Crippen molar-refractivity contribution in [2.24, 2.45) is 0 Å². The molecule has 3 aromatic heterocycles. The van der Waals surface area contributed by atoms with Crippen molar-refractivity contribution in [1.29, 1.82) is 0 Å². The van der Waals surface area contributed by atoms with Gasteiger partial charge in [-0.05, 0) is 42.5 Å². The molecule has 0 aliphatic heterocycles. The van der Waals surface area contributed by atoms with Crippen LogP contribution in [0.25, 0.3) is 81.6 Å². The van der Waals surface area contributed by atoms with Crippen LogP contribution in [0.15, 0.2) is 152 Å². The molecule has 0 fully saturated rings. The molecule has 0 N–H and O–H groups in total. The predicted octanol–water partition coefficient (Wildman–Crippen LogP) is 10.9. The van der Waals surface area contributed by atoms with Crippen molar-refractivity contribution in [3.63, 3.8) is 0 Å². The topological polar surface area (TPSA) is 30.7 Å². The Morgan fingerprint density at radius 1 is 0.455 bits per heavy atom. The molecule has 44 heavy (non-hydrogen) atoms. The molecule has 0 saturated carbocycles. The van der Waals surface area contributed by atoms with Crippen LogP contribution in [0.3, 0.4) is 0 Å². The third-order valence-corrected chi connectivity index (χ3v) is 9.61. The van der Waals surface area contributed by atoms with E-state index >= 15 is 0 Å². The van der Waals surface area contributed by atoms with E-state index in [0.29, 0.717) is 0 Å². The Balaban J connectivity index is 1.31. The summed E-state index contributed by atoms with van der Waals surface area (Å²) in [7, 11) is 0. The predicted molar refractivity (Wildman–Crippen MR) is 186 cm³/mol. The SMILES string of the molecule is c1ccc(-c2cc(-c3ccccc3)nc(-c3cccc4c3sc3cc5c6ccccc6n(-c6ccccc6)c5cc34)n2)cc1. The Hall–Kier alpha value is -5.58. The Labute approximate surface area is 258 Å². The number of benzene rings is 6. The van der Waals surface area contributed by atoms with E-state index in [4.69, 9.17) is 9.97 Å². The fraction of sp³-hybridized carbons (Fsp3) is 0. The molecule has 0 spiro atoms. The van der Waals surface area contributed by atoms with Crippen LogP contribution in [0, 0.1) is 0 Å². The lowest BCUT2D eigenvalue weighted by atomic mass is 10.0. The Morgan fingerprint density at radius 2 is 1.07 bits per heavy atom. The van der Waals surface area contributed by atoms with Crippen LogP contribution in [-0.4, -0.2) is 14.5 Å². The monoisotopic (exact) mass is 579 g/mol. The van der Waals surface area contributed by atoms with Gasteiger partial charge in [0.15, 0.2) is 5.82 Å². The van der Waals surface area contributed by atoms with E-state index in [0.717, 1.165) is 39.6 Å². The first-order valence-corrected chi connectivity index (χ1v) is 15.6. The van der Waals surface area contributed by atoms with Crippen molar-refractivity contribution in [3.05, 3.63) is 152 Å². The van der Waals surface area contributed by atoms with Gasteiger partial charge in [0, 0.05) is 53.3 Å². The van der Waals surface area contributed by atoms with Crippen LogP contribution in [-0.2, 0) is 0 Å². The summed E-state index contributed by atoms with van der Waals surface area (Å²) in [5, 5.41) is 5.00.